The maximum atomic E-state index is 5.72. The summed E-state index contributed by atoms with van der Waals surface area (Å²) < 4.78 is 2.18. The number of hydrogen-bond donors (Lipinski definition) is 0. The zero-order valence-electron chi connectivity index (χ0n) is 21.8. The molecule has 196 valence electrons. The van der Waals surface area contributed by atoms with Gasteiger partial charge in [0.25, 0.3) is 0 Å². The van der Waals surface area contributed by atoms with Gasteiger partial charge in [-0.2, -0.15) is 12.1 Å². The molecule has 3 aromatic heterocycles. The van der Waals surface area contributed by atoms with Crippen LogP contribution < -0.4 is 0 Å². The van der Waals surface area contributed by atoms with Crippen molar-refractivity contribution in [2.45, 2.75) is 28.7 Å². The van der Waals surface area contributed by atoms with Gasteiger partial charge in [-0.3, -0.25) is 0 Å². The first-order valence-electron chi connectivity index (χ1n) is 12.8. The molecule has 3 nitrogen and oxygen atoms in total. The summed E-state index contributed by atoms with van der Waals surface area (Å²) in [7, 11) is 0. The van der Waals surface area contributed by atoms with E-state index in [1.807, 2.05) is 30.5 Å². The van der Waals surface area contributed by atoms with E-state index in [2.05, 4.69) is 102 Å². The van der Waals surface area contributed by atoms with E-state index in [1.165, 1.54) is 22.1 Å². The van der Waals surface area contributed by atoms with Crippen molar-refractivity contribution in [2.75, 3.05) is 0 Å². The monoisotopic (exact) mass is 732 g/mol. The van der Waals surface area contributed by atoms with Crippen molar-refractivity contribution in [1.29, 1.82) is 0 Å². The van der Waals surface area contributed by atoms with E-state index in [0.29, 0.717) is 0 Å². The van der Waals surface area contributed by atoms with Crippen LogP contribution in [0.2, 0.25) is 0 Å². The molecule has 0 saturated carbocycles. The Labute approximate surface area is 257 Å². The topological polar surface area (TPSA) is 30.7 Å². The smallest absolute Gasteiger partial charge is 0.778 e. The van der Waals surface area contributed by atoms with E-state index in [4.69, 9.17) is 17.6 Å². The van der Waals surface area contributed by atoms with E-state index in [0.717, 1.165) is 53.5 Å². The van der Waals surface area contributed by atoms with Crippen molar-refractivity contribution in [1.82, 2.24) is 14.5 Å². The van der Waals surface area contributed by atoms with Crippen molar-refractivity contribution < 1.29 is 21.1 Å². The summed E-state index contributed by atoms with van der Waals surface area (Å²) in [6, 6.07) is 37.3. The van der Waals surface area contributed by atoms with Crippen LogP contribution in [0.1, 0.15) is 11.1 Å². The molecule has 0 N–H and O–H groups in total. The molecule has 0 radical (unpaired) electrons. The standard InChI is InChI=1S/C34H24N3S2.Pt/c1-21-17-22(2)19-23(18-21)25-12-14-31(38)34-28(25)13-15-33(36-34)39-24-10-11-27-26-7-3-4-8-29(26)37(30(27)20-24)32-9-5-6-16-35-32;/h3-19,38H,1-2H3;/q-1;+2/p-1. The third-order valence-corrected chi connectivity index (χ3v) is 8.20. The first kappa shape index (κ1) is 26.7. The molecule has 0 amide bonds. The average Bonchev–Trinajstić information content (AvgIpc) is 3.27. The molecule has 0 bridgehead atoms. The predicted octanol–water partition coefficient (Wildman–Crippen LogP) is 8.87. The van der Waals surface area contributed by atoms with Gasteiger partial charge >= 0.3 is 21.1 Å². The molecule has 3 heterocycles. The molecule has 0 unspecified atom stereocenters. The Morgan fingerprint density at radius 3 is 2.35 bits per heavy atom. The third-order valence-electron chi connectivity index (χ3n) is 6.98. The zero-order valence-corrected chi connectivity index (χ0v) is 25.7. The summed E-state index contributed by atoms with van der Waals surface area (Å²) >= 11 is 7.32. The summed E-state index contributed by atoms with van der Waals surface area (Å²) in [6.07, 6.45) is 1.83. The summed E-state index contributed by atoms with van der Waals surface area (Å²) in [4.78, 5) is 11.4. The molecule has 40 heavy (non-hydrogen) atoms. The first-order valence-corrected chi connectivity index (χ1v) is 14.0. The van der Waals surface area contributed by atoms with Crippen LogP contribution in [0, 0.1) is 19.9 Å². The molecule has 0 spiro atoms. The second-order valence-corrected chi connectivity index (χ2v) is 11.3. The van der Waals surface area contributed by atoms with E-state index < -0.39 is 0 Å². The van der Waals surface area contributed by atoms with Crippen LogP contribution in [0.15, 0.2) is 118 Å². The molecule has 0 saturated heterocycles. The van der Waals surface area contributed by atoms with Crippen LogP contribution in [0.5, 0.6) is 0 Å². The van der Waals surface area contributed by atoms with Gasteiger partial charge in [0.2, 0.25) is 0 Å². The van der Waals surface area contributed by atoms with Gasteiger partial charge in [0, 0.05) is 17.1 Å². The maximum Gasteiger partial charge on any atom is 2.00 e. The molecule has 4 aromatic carbocycles. The molecular weight excluding hydrogens is 710 g/mol. The summed E-state index contributed by atoms with van der Waals surface area (Å²) in [5, 5.41) is 4.30. The Kier molecular flexibility index (Phi) is 7.22. The quantitative estimate of drug-likeness (QED) is 0.134. The van der Waals surface area contributed by atoms with Crippen LogP contribution in [-0.4, -0.2) is 14.5 Å². The summed E-state index contributed by atoms with van der Waals surface area (Å²) in [6.45, 7) is 4.27. The van der Waals surface area contributed by atoms with Crippen LogP contribution in [0.4, 0.5) is 0 Å². The van der Waals surface area contributed by atoms with Crippen molar-refractivity contribution in [2.24, 2.45) is 0 Å². The molecule has 0 atom stereocenters. The molecular formula is C34H23N3PtS2. The number of fused-ring (bicyclic) bond motifs is 4. The van der Waals surface area contributed by atoms with Gasteiger partial charge < -0.3 is 17.2 Å². The van der Waals surface area contributed by atoms with Crippen LogP contribution >= 0.6 is 11.8 Å². The fourth-order valence-electron chi connectivity index (χ4n) is 5.38. The number of aromatic nitrogens is 3. The Bertz CT molecular complexity index is 2010. The molecule has 0 aliphatic rings. The minimum Gasteiger partial charge on any atom is -0.778 e. The number of aryl methyl sites for hydroxylation is 2. The number of nitrogens with zero attached hydrogens (tertiary/aromatic N) is 3. The van der Waals surface area contributed by atoms with Gasteiger partial charge in [-0.05, 0) is 60.7 Å². The van der Waals surface area contributed by atoms with Crippen molar-refractivity contribution in [3.05, 3.63) is 120 Å². The maximum absolute atomic E-state index is 5.72. The largest absolute Gasteiger partial charge is 2.00 e. The van der Waals surface area contributed by atoms with Gasteiger partial charge in [-0.25, -0.2) is 9.97 Å². The van der Waals surface area contributed by atoms with E-state index >= 15 is 0 Å². The fraction of sp³-hybridized carbons (Fsp3) is 0.0588. The minimum atomic E-state index is 0. The van der Waals surface area contributed by atoms with Crippen LogP contribution in [0.25, 0.3) is 49.7 Å². The summed E-state index contributed by atoms with van der Waals surface area (Å²) in [5.74, 6) is 0.876. The predicted molar refractivity (Wildman–Crippen MR) is 164 cm³/mol. The number of hydrogen-bond acceptors (Lipinski definition) is 4. The van der Waals surface area contributed by atoms with Crippen molar-refractivity contribution >= 4 is 57.1 Å². The molecule has 0 aliphatic carbocycles. The third kappa shape index (κ3) is 4.73. The van der Waals surface area contributed by atoms with E-state index in [9.17, 15) is 0 Å². The zero-order chi connectivity index (χ0) is 26.5. The van der Waals surface area contributed by atoms with Crippen molar-refractivity contribution in [3.8, 4) is 16.9 Å². The number of para-hydroxylation sites is 1. The molecule has 0 fully saturated rings. The Hall–Kier alpha value is -3.50. The minimum absolute atomic E-state index is 0. The Morgan fingerprint density at radius 2 is 1.55 bits per heavy atom. The van der Waals surface area contributed by atoms with Gasteiger partial charge in [0.05, 0.1) is 10.5 Å². The normalized spacial score (nSPS) is 11.2. The van der Waals surface area contributed by atoms with E-state index in [1.54, 1.807) is 11.8 Å². The molecule has 7 rings (SSSR count). The second-order valence-electron chi connectivity index (χ2n) is 9.76. The molecule has 6 heteroatoms. The average molecular weight is 733 g/mol. The van der Waals surface area contributed by atoms with Crippen LogP contribution in [0.3, 0.4) is 0 Å². The second kappa shape index (κ2) is 10.8. The Balaban J connectivity index is 0.00000289. The molecule has 7 aromatic rings. The van der Waals surface area contributed by atoms with Gasteiger partial charge in [-0.15, -0.1) is 16.3 Å². The first-order chi connectivity index (χ1) is 19.0. The Morgan fingerprint density at radius 1 is 0.775 bits per heavy atom. The van der Waals surface area contributed by atoms with Crippen LogP contribution in [-0.2, 0) is 33.7 Å². The SMILES string of the molecule is Cc1cc(C)cc(-c2ccc([S-])c3nc(Sc4[c-]c5c(cc4)c4ccccc4n5-c4ccccn4)ccc23)c1.[Pt+2]. The number of pyridine rings is 2. The van der Waals surface area contributed by atoms with Gasteiger partial charge in [-0.1, -0.05) is 87.9 Å². The number of rotatable bonds is 4. The fourth-order valence-corrected chi connectivity index (χ4v) is 6.39. The van der Waals surface area contributed by atoms with Gasteiger partial charge in [0.15, 0.2) is 0 Å². The van der Waals surface area contributed by atoms with Crippen molar-refractivity contribution in [3.63, 3.8) is 0 Å². The van der Waals surface area contributed by atoms with E-state index in [-0.39, 0.29) is 21.1 Å². The number of benzene rings is 4. The molecule has 0 aliphatic heterocycles. The van der Waals surface area contributed by atoms with Gasteiger partial charge in [0.1, 0.15) is 5.82 Å². The summed E-state index contributed by atoms with van der Waals surface area (Å²) in [5.41, 5.74) is 7.81.